The van der Waals surface area contributed by atoms with Crippen LogP contribution in [0.1, 0.15) is 58.8 Å². The molecule has 20 heavy (non-hydrogen) atoms. The van der Waals surface area contributed by atoms with Crippen LogP contribution in [0.25, 0.3) is 0 Å². The molecule has 0 fully saturated rings. The van der Waals surface area contributed by atoms with Crippen molar-refractivity contribution in [1.82, 2.24) is 10.6 Å². The normalized spacial score (nSPS) is 10.3. The van der Waals surface area contributed by atoms with E-state index in [9.17, 15) is 14.4 Å². The molecule has 0 saturated carbocycles. The minimum atomic E-state index is -0.871. The quantitative estimate of drug-likeness (QED) is 0.537. The van der Waals surface area contributed by atoms with Crippen LogP contribution in [-0.4, -0.2) is 29.6 Å². The second kappa shape index (κ2) is 11.3. The lowest BCUT2D eigenvalue weighted by Crippen LogP contribution is -2.39. The smallest absolute Gasteiger partial charge is 0.321 e. The van der Waals surface area contributed by atoms with Crippen molar-refractivity contribution < 1.29 is 19.5 Å². The summed E-state index contributed by atoms with van der Waals surface area (Å²) in [6.07, 6.45) is 4.23. The number of hydrogen-bond donors (Lipinski definition) is 3. The maximum Gasteiger partial charge on any atom is 0.321 e. The van der Waals surface area contributed by atoms with Crippen LogP contribution >= 0.6 is 0 Å². The first-order valence-corrected chi connectivity index (χ1v) is 7.21. The second-order valence-corrected chi connectivity index (χ2v) is 5.29. The largest absolute Gasteiger partial charge is 0.481 e. The minimum Gasteiger partial charge on any atom is -0.481 e. The molecule has 0 saturated heterocycles. The maximum absolute atomic E-state index is 11.4. The SMILES string of the molecule is CC(C)CCCCNC(=O)NC(=O)CCCCC(=O)O. The molecule has 6 heteroatoms. The number of carboxylic acid groups (broad SMARTS) is 1. The third-order valence-corrected chi connectivity index (χ3v) is 2.79. The summed E-state index contributed by atoms with van der Waals surface area (Å²) < 4.78 is 0. The van der Waals surface area contributed by atoms with Gasteiger partial charge in [-0.05, 0) is 25.2 Å². The summed E-state index contributed by atoms with van der Waals surface area (Å²) in [5, 5.41) is 13.3. The zero-order valence-electron chi connectivity index (χ0n) is 12.4. The van der Waals surface area contributed by atoms with E-state index in [1.165, 1.54) is 0 Å². The summed E-state index contributed by atoms with van der Waals surface area (Å²) in [5.41, 5.74) is 0. The average molecular weight is 286 g/mol. The average Bonchev–Trinajstić information content (AvgIpc) is 2.33. The second-order valence-electron chi connectivity index (χ2n) is 5.29. The Labute approximate surface area is 120 Å². The molecule has 0 aromatic carbocycles. The number of aliphatic carboxylic acids is 1. The number of carbonyl (C=O) groups excluding carboxylic acids is 2. The first-order valence-electron chi connectivity index (χ1n) is 7.21. The number of rotatable bonds is 10. The fourth-order valence-electron chi connectivity index (χ4n) is 1.67. The van der Waals surface area contributed by atoms with Gasteiger partial charge in [-0.25, -0.2) is 4.79 Å². The molecule has 6 nitrogen and oxygen atoms in total. The van der Waals surface area contributed by atoms with Crippen LogP contribution in [0.4, 0.5) is 4.79 Å². The van der Waals surface area contributed by atoms with Crippen LogP contribution in [0.5, 0.6) is 0 Å². The molecule has 116 valence electrons. The molecule has 0 bridgehead atoms. The van der Waals surface area contributed by atoms with Crippen molar-refractivity contribution in [3.8, 4) is 0 Å². The molecular formula is C14H26N2O4. The maximum atomic E-state index is 11.4. The van der Waals surface area contributed by atoms with E-state index in [4.69, 9.17) is 5.11 Å². The third-order valence-electron chi connectivity index (χ3n) is 2.79. The van der Waals surface area contributed by atoms with E-state index in [0.717, 1.165) is 19.3 Å². The van der Waals surface area contributed by atoms with E-state index >= 15 is 0 Å². The summed E-state index contributed by atoms with van der Waals surface area (Å²) in [4.78, 5) is 33.0. The number of unbranched alkanes of at least 4 members (excludes halogenated alkanes) is 2. The lowest BCUT2D eigenvalue weighted by molar-refractivity contribution is -0.137. The van der Waals surface area contributed by atoms with Crippen molar-refractivity contribution in [2.24, 2.45) is 5.92 Å². The van der Waals surface area contributed by atoms with Crippen molar-refractivity contribution in [2.75, 3.05) is 6.54 Å². The van der Waals surface area contributed by atoms with Crippen molar-refractivity contribution in [1.29, 1.82) is 0 Å². The van der Waals surface area contributed by atoms with Crippen LogP contribution in [-0.2, 0) is 9.59 Å². The Balaban J connectivity index is 3.50. The molecule has 3 N–H and O–H groups in total. The molecule has 0 unspecified atom stereocenters. The highest BCUT2D eigenvalue weighted by Gasteiger charge is 2.07. The molecule has 0 atom stereocenters. The number of nitrogens with one attached hydrogen (secondary N) is 2. The van der Waals surface area contributed by atoms with Gasteiger partial charge in [-0.1, -0.05) is 26.7 Å². The van der Waals surface area contributed by atoms with E-state index in [1.807, 2.05) is 0 Å². The Hall–Kier alpha value is -1.59. The Kier molecular flexibility index (Phi) is 10.4. The highest BCUT2D eigenvalue weighted by atomic mass is 16.4. The highest BCUT2D eigenvalue weighted by molar-refractivity contribution is 5.94. The van der Waals surface area contributed by atoms with Gasteiger partial charge in [0.2, 0.25) is 5.91 Å². The van der Waals surface area contributed by atoms with Gasteiger partial charge in [-0.15, -0.1) is 0 Å². The van der Waals surface area contributed by atoms with E-state index < -0.39 is 12.0 Å². The standard InChI is InChI=1S/C14H26N2O4/c1-11(2)7-5-6-10-15-14(20)16-12(17)8-3-4-9-13(18)19/h11H,3-10H2,1-2H3,(H,18,19)(H2,15,16,17,20). The molecule has 0 aromatic rings. The fourth-order valence-corrected chi connectivity index (χ4v) is 1.67. The summed E-state index contributed by atoms with van der Waals surface area (Å²) >= 11 is 0. The predicted octanol–water partition coefficient (Wildman–Crippen LogP) is 2.28. The summed E-state index contributed by atoms with van der Waals surface area (Å²) in [6.45, 7) is 4.87. The Bertz CT molecular complexity index is 316. The molecule has 3 amide bonds. The summed E-state index contributed by atoms with van der Waals surface area (Å²) in [6, 6.07) is -0.474. The van der Waals surface area contributed by atoms with E-state index in [1.54, 1.807) is 0 Å². The third kappa shape index (κ3) is 12.9. The van der Waals surface area contributed by atoms with Gasteiger partial charge in [0.25, 0.3) is 0 Å². The monoisotopic (exact) mass is 286 g/mol. The van der Waals surface area contributed by atoms with Gasteiger partial charge in [0, 0.05) is 19.4 Å². The van der Waals surface area contributed by atoms with Crippen LogP contribution in [0, 0.1) is 5.92 Å². The van der Waals surface area contributed by atoms with Crippen molar-refractivity contribution in [3.05, 3.63) is 0 Å². The summed E-state index contributed by atoms with van der Waals surface area (Å²) in [5.74, 6) is -0.573. The molecule has 0 aromatic heterocycles. The van der Waals surface area contributed by atoms with Gasteiger partial charge in [-0.3, -0.25) is 14.9 Å². The minimum absolute atomic E-state index is 0.0509. The highest BCUT2D eigenvalue weighted by Crippen LogP contribution is 2.05. The predicted molar refractivity (Wildman–Crippen MR) is 76.3 cm³/mol. The molecule has 0 aliphatic rings. The van der Waals surface area contributed by atoms with Crippen LogP contribution in [0.15, 0.2) is 0 Å². The Morgan fingerprint density at radius 1 is 1.00 bits per heavy atom. The van der Waals surface area contributed by atoms with E-state index in [-0.39, 0.29) is 18.7 Å². The molecular weight excluding hydrogens is 260 g/mol. The van der Waals surface area contributed by atoms with Gasteiger partial charge in [-0.2, -0.15) is 0 Å². The van der Waals surface area contributed by atoms with Crippen molar-refractivity contribution in [3.63, 3.8) is 0 Å². The first kappa shape index (κ1) is 18.4. The van der Waals surface area contributed by atoms with Gasteiger partial charge in [0.05, 0.1) is 0 Å². The van der Waals surface area contributed by atoms with Crippen LogP contribution < -0.4 is 10.6 Å². The number of urea groups is 1. The molecule has 0 radical (unpaired) electrons. The van der Waals surface area contributed by atoms with E-state index in [2.05, 4.69) is 24.5 Å². The van der Waals surface area contributed by atoms with Gasteiger partial charge in [0.15, 0.2) is 0 Å². The zero-order valence-corrected chi connectivity index (χ0v) is 12.4. The molecule has 0 rings (SSSR count). The van der Waals surface area contributed by atoms with Gasteiger partial charge < -0.3 is 10.4 Å². The fraction of sp³-hybridized carbons (Fsp3) is 0.786. The van der Waals surface area contributed by atoms with Crippen LogP contribution in [0.2, 0.25) is 0 Å². The molecule has 0 aliphatic heterocycles. The van der Waals surface area contributed by atoms with Crippen molar-refractivity contribution >= 4 is 17.9 Å². The topological polar surface area (TPSA) is 95.5 Å². The summed E-state index contributed by atoms with van der Waals surface area (Å²) in [7, 11) is 0. The van der Waals surface area contributed by atoms with Gasteiger partial charge in [0.1, 0.15) is 0 Å². The lowest BCUT2D eigenvalue weighted by Gasteiger charge is -2.07. The number of amides is 3. The zero-order chi connectivity index (χ0) is 15.4. The first-order chi connectivity index (χ1) is 9.41. The number of carbonyl (C=O) groups is 3. The molecule has 0 heterocycles. The number of imide groups is 1. The molecule has 0 spiro atoms. The number of hydrogen-bond acceptors (Lipinski definition) is 3. The van der Waals surface area contributed by atoms with Crippen LogP contribution in [0.3, 0.4) is 0 Å². The number of carboxylic acids is 1. The van der Waals surface area contributed by atoms with E-state index in [0.29, 0.717) is 25.3 Å². The molecule has 0 aliphatic carbocycles. The van der Waals surface area contributed by atoms with Gasteiger partial charge >= 0.3 is 12.0 Å². The Morgan fingerprint density at radius 2 is 1.65 bits per heavy atom. The lowest BCUT2D eigenvalue weighted by atomic mass is 10.1. The Morgan fingerprint density at radius 3 is 2.25 bits per heavy atom. The van der Waals surface area contributed by atoms with Crippen molar-refractivity contribution in [2.45, 2.75) is 58.8 Å².